The third-order valence-corrected chi connectivity index (χ3v) is 2.86. The largest absolute Gasteiger partial charge is 0.302 e. The van der Waals surface area contributed by atoms with E-state index in [1.54, 1.807) is 0 Å². The van der Waals surface area contributed by atoms with E-state index in [9.17, 15) is 4.79 Å². The molecule has 1 aromatic rings. The lowest BCUT2D eigenvalue weighted by Gasteiger charge is -2.18. The number of rotatable bonds is 2. The molecule has 0 unspecified atom stereocenters. The van der Waals surface area contributed by atoms with Crippen molar-refractivity contribution in [3.8, 4) is 0 Å². The maximum absolute atomic E-state index is 10.9. The maximum Gasteiger partial charge on any atom is 0.130 e. The molecule has 2 rings (SSSR count). The predicted molar refractivity (Wildman–Crippen MR) is 54.2 cm³/mol. The zero-order valence-corrected chi connectivity index (χ0v) is 8.95. The average molecular weight is 192 g/mol. The predicted octanol–water partition coefficient (Wildman–Crippen LogP) is 1.87. The van der Waals surface area contributed by atoms with Gasteiger partial charge in [0, 0.05) is 11.8 Å². The van der Waals surface area contributed by atoms with Crippen LogP contribution in [0.1, 0.15) is 39.2 Å². The van der Waals surface area contributed by atoms with E-state index in [1.807, 2.05) is 17.1 Å². The van der Waals surface area contributed by atoms with Crippen LogP contribution in [0.4, 0.5) is 0 Å². The summed E-state index contributed by atoms with van der Waals surface area (Å²) >= 11 is 0. The van der Waals surface area contributed by atoms with Crippen LogP contribution in [0.25, 0.3) is 0 Å². The summed E-state index contributed by atoms with van der Waals surface area (Å²) in [5.74, 6) is 0. The molecule has 0 N–H and O–H groups in total. The second kappa shape index (κ2) is 2.69. The van der Waals surface area contributed by atoms with Crippen molar-refractivity contribution in [2.75, 3.05) is 0 Å². The fraction of sp³-hybridized carbons (Fsp3) is 0.636. The standard InChI is InChI=1S/C11H16N2O/c1-10(2,3)13-7-9(6-12-13)11(8-14)4-5-11/h6-8H,4-5H2,1-3H3. The number of nitrogens with zero attached hydrogens (tertiary/aromatic N) is 2. The Bertz CT molecular complexity index is 356. The molecule has 3 nitrogen and oxygen atoms in total. The van der Waals surface area contributed by atoms with Gasteiger partial charge in [-0.25, -0.2) is 0 Å². The molecule has 0 spiro atoms. The highest BCUT2D eigenvalue weighted by atomic mass is 16.1. The summed E-state index contributed by atoms with van der Waals surface area (Å²) < 4.78 is 1.92. The monoisotopic (exact) mass is 192 g/mol. The topological polar surface area (TPSA) is 34.9 Å². The lowest BCUT2D eigenvalue weighted by molar-refractivity contribution is -0.109. The van der Waals surface area contributed by atoms with Crippen molar-refractivity contribution >= 4 is 6.29 Å². The smallest absolute Gasteiger partial charge is 0.130 e. The van der Waals surface area contributed by atoms with Gasteiger partial charge in [-0.2, -0.15) is 5.10 Å². The first-order chi connectivity index (χ1) is 6.48. The first-order valence-corrected chi connectivity index (χ1v) is 5.00. The van der Waals surface area contributed by atoms with E-state index in [4.69, 9.17) is 0 Å². The van der Waals surface area contributed by atoms with Crippen LogP contribution in [0.5, 0.6) is 0 Å². The van der Waals surface area contributed by atoms with Gasteiger partial charge in [-0.05, 0) is 33.6 Å². The summed E-state index contributed by atoms with van der Waals surface area (Å²) in [5, 5.41) is 4.30. The van der Waals surface area contributed by atoms with Crippen LogP contribution in [-0.2, 0) is 15.7 Å². The minimum Gasteiger partial charge on any atom is -0.302 e. The lowest BCUT2D eigenvalue weighted by Crippen LogP contribution is -2.22. The van der Waals surface area contributed by atoms with Gasteiger partial charge in [0.1, 0.15) is 6.29 Å². The second-order valence-electron chi connectivity index (χ2n) is 5.12. The van der Waals surface area contributed by atoms with Crippen LogP contribution in [0, 0.1) is 0 Å². The molecule has 76 valence electrons. The zero-order chi connectivity index (χ0) is 10.4. The van der Waals surface area contributed by atoms with Crippen molar-refractivity contribution in [1.29, 1.82) is 0 Å². The molecule has 1 aliphatic carbocycles. The van der Waals surface area contributed by atoms with Crippen LogP contribution in [0.3, 0.4) is 0 Å². The molecule has 0 aromatic carbocycles. The number of aldehydes is 1. The van der Waals surface area contributed by atoms with Crippen LogP contribution < -0.4 is 0 Å². The molecular weight excluding hydrogens is 176 g/mol. The van der Waals surface area contributed by atoms with Crippen molar-refractivity contribution in [3.63, 3.8) is 0 Å². The Kier molecular flexibility index (Phi) is 1.81. The highest BCUT2D eigenvalue weighted by Crippen LogP contribution is 2.46. The van der Waals surface area contributed by atoms with E-state index in [-0.39, 0.29) is 11.0 Å². The summed E-state index contributed by atoms with van der Waals surface area (Å²) in [6.07, 6.45) is 6.85. The minimum atomic E-state index is -0.191. The number of carbonyl (C=O) groups is 1. The summed E-state index contributed by atoms with van der Waals surface area (Å²) in [4.78, 5) is 10.9. The first-order valence-electron chi connectivity index (χ1n) is 5.00. The van der Waals surface area contributed by atoms with Gasteiger partial charge in [-0.1, -0.05) is 0 Å². The fourth-order valence-electron chi connectivity index (χ4n) is 1.56. The van der Waals surface area contributed by atoms with Crippen molar-refractivity contribution in [3.05, 3.63) is 18.0 Å². The number of carbonyl (C=O) groups excluding carboxylic acids is 1. The van der Waals surface area contributed by atoms with Crippen molar-refractivity contribution in [1.82, 2.24) is 9.78 Å². The lowest BCUT2D eigenvalue weighted by atomic mass is 10.0. The van der Waals surface area contributed by atoms with Gasteiger partial charge in [-0.3, -0.25) is 4.68 Å². The van der Waals surface area contributed by atoms with E-state index in [0.717, 1.165) is 24.7 Å². The molecule has 0 amide bonds. The third kappa shape index (κ3) is 1.37. The van der Waals surface area contributed by atoms with E-state index in [2.05, 4.69) is 25.9 Å². The Morgan fingerprint density at radius 3 is 2.50 bits per heavy atom. The molecule has 1 aromatic heterocycles. The molecule has 0 aliphatic heterocycles. The van der Waals surface area contributed by atoms with E-state index >= 15 is 0 Å². The molecule has 0 saturated heterocycles. The SMILES string of the molecule is CC(C)(C)n1cc(C2(C=O)CC2)cn1. The molecule has 0 bridgehead atoms. The van der Waals surface area contributed by atoms with Gasteiger partial charge < -0.3 is 4.79 Å². The Labute approximate surface area is 84.1 Å². The van der Waals surface area contributed by atoms with E-state index in [1.165, 1.54) is 0 Å². The van der Waals surface area contributed by atoms with Crippen LogP contribution >= 0.6 is 0 Å². The molecule has 1 fully saturated rings. The van der Waals surface area contributed by atoms with E-state index in [0.29, 0.717) is 0 Å². The highest BCUT2D eigenvalue weighted by Gasteiger charge is 2.45. The highest BCUT2D eigenvalue weighted by molar-refractivity contribution is 5.72. The third-order valence-electron chi connectivity index (χ3n) is 2.86. The molecule has 14 heavy (non-hydrogen) atoms. The summed E-state index contributed by atoms with van der Waals surface area (Å²) in [5.41, 5.74) is 0.878. The zero-order valence-electron chi connectivity index (χ0n) is 8.95. The summed E-state index contributed by atoms with van der Waals surface area (Å²) in [7, 11) is 0. The van der Waals surface area contributed by atoms with Gasteiger partial charge in [0.05, 0.1) is 17.2 Å². The Morgan fingerprint density at radius 2 is 2.14 bits per heavy atom. The summed E-state index contributed by atoms with van der Waals surface area (Å²) in [6, 6.07) is 0. The van der Waals surface area contributed by atoms with Crippen molar-refractivity contribution in [2.24, 2.45) is 0 Å². The van der Waals surface area contributed by atoms with Crippen LogP contribution in [0.15, 0.2) is 12.4 Å². The van der Waals surface area contributed by atoms with Crippen molar-refractivity contribution in [2.45, 2.75) is 44.6 Å². The number of hydrogen-bond donors (Lipinski definition) is 0. The second-order valence-corrected chi connectivity index (χ2v) is 5.12. The molecule has 1 saturated carbocycles. The van der Waals surface area contributed by atoms with Gasteiger partial charge in [0.15, 0.2) is 0 Å². The average Bonchev–Trinajstić information content (AvgIpc) is 2.73. The molecular formula is C11H16N2O. The number of hydrogen-bond acceptors (Lipinski definition) is 2. The Morgan fingerprint density at radius 1 is 1.50 bits per heavy atom. The maximum atomic E-state index is 10.9. The molecule has 0 atom stereocenters. The van der Waals surface area contributed by atoms with E-state index < -0.39 is 0 Å². The van der Waals surface area contributed by atoms with Gasteiger partial charge in [0.2, 0.25) is 0 Å². The number of aromatic nitrogens is 2. The minimum absolute atomic E-state index is 0.00276. The van der Waals surface area contributed by atoms with Crippen LogP contribution in [-0.4, -0.2) is 16.1 Å². The Hall–Kier alpha value is -1.12. The molecule has 0 radical (unpaired) electrons. The van der Waals surface area contributed by atoms with Gasteiger partial charge in [-0.15, -0.1) is 0 Å². The summed E-state index contributed by atoms with van der Waals surface area (Å²) in [6.45, 7) is 6.30. The fourth-order valence-corrected chi connectivity index (χ4v) is 1.56. The molecule has 1 heterocycles. The normalized spacial score (nSPS) is 19.4. The Balaban J connectivity index is 2.31. The van der Waals surface area contributed by atoms with Gasteiger partial charge in [0.25, 0.3) is 0 Å². The van der Waals surface area contributed by atoms with Crippen LogP contribution in [0.2, 0.25) is 0 Å². The van der Waals surface area contributed by atoms with Crippen molar-refractivity contribution < 1.29 is 4.79 Å². The van der Waals surface area contributed by atoms with Gasteiger partial charge >= 0.3 is 0 Å². The molecule has 3 heteroatoms. The first kappa shape index (κ1) is 9.44. The quantitative estimate of drug-likeness (QED) is 0.670. The molecule has 1 aliphatic rings.